The van der Waals surface area contributed by atoms with E-state index in [1.54, 1.807) is 12.1 Å². The largest absolute Gasteiger partial charge is 0.396 e. The van der Waals surface area contributed by atoms with Crippen molar-refractivity contribution in [3.8, 4) is 0 Å². The van der Waals surface area contributed by atoms with Crippen LogP contribution >= 0.6 is 0 Å². The van der Waals surface area contributed by atoms with Gasteiger partial charge in [0.1, 0.15) is 5.69 Å². The lowest BCUT2D eigenvalue weighted by Gasteiger charge is -2.33. The molecule has 3 atom stereocenters. The third kappa shape index (κ3) is 3.15. The number of hydrogen-bond acceptors (Lipinski definition) is 6. The zero-order valence-electron chi connectivity index (χ0n) is 15.7. The molecular weight excluding hydrogens is 362 g/mol. The highest BCUT2D eigenvalue weighted by atomic mass is 16.6. The Morgan fingerprint density at radius 3 is 2.36 bits per heavy atom. The van der Waals surface area contributed by atoms with Crippen LogP contribution in [0.4, 0.5) is 17.1 Å². The van der Waals surface area contributed by atoms with Crippen molar-refractivity contribution in [2.45, 2.75) is 38.5 Å². The Morgan fingerprint density at radius 1 is 1.07 bits per heavy atom. The molecule has 1 aliphatic carbocycles. The second-order valence-electron chi connectivity index (χ2n) is 8.08. The normalized spacial score (nSPS) is 27.8. The van der Waals surface area contributed by atoms with Crippen LogP contribution in [0.5, 0.6) is 0 Å². The van der Waals surface area contributed by atoms with Gasteiger partial charge in [-0.3, -0.25) is 19.7 Å². The van der Waals surface area contributed by atoms with Gasteiger partial charge in [0.05, 0.1) is 22.4 Å². The number of benzene rings is 1. The maximum absolute atomic E-state index is 12.8. The highest BCUT2D eigenvalue weighted by molar-refractivity contribution is 6.22. The van der Waals surface area contributed by atoms with E-state index in [4.69, 9.17) is 0 Å². The highest BCUT2D eigenvalue weighted by Crippen LogP contribution is 2.42. The van der Waals surface area contributed by atoms with Crippen molar-refractivity contribution in [1.82, 2.24) is 0 Å². The monoisotopic (exact) mass is 387 g/mol. The van der Waals surface area contributed by atoms with Gasteiger partial charge in [0.25, 0.3) is 5.69 Å². The van der Waals surface area contributed by atoms with Crippen LogP contribution in [0.2, 0.25) is 0 Å². The van der Waals surface area contributed by atoms with Gasteiger partial charge in [0.15, 0.2) is 0 Å². The van der Waals surface area contributed by atoms with Crippen molar-refractivity contribution >= 4 is 28.9 Å². The molecule has 1 N–H and O–H groups in total. The minimum absolute atomic E-state index is 0.0575. The number of anilines is 2. The minimum atomic E-state index is -0.459. The predicted octanol–water partition coefficient (Wildman–Crippen LogP) is 2.48. The fourth-order valence-corrected chi connectivity index (χ4v) is 4.91. The van der Waals surface area contributed by atoms with Crippen LogP contribution < -0.4 is 9.80 Å². The number of carbonyl (C=O) groups is 2. The molecule has 0 radical (unpaired) electrons. The number of amides is 2. The summed E-state index contributed by atoms with van der Waals surface area (Å²) in [6.45, 7) is 1.30. The Labute approximate surface area is 163 Å². The average Bonchev–Trinajstić information content (AvgIpc) is 2.98. The number of piperidine rings is 1. The number of rotatable bonds is 4. The topological polar surface area (TPSA) is 104 Å². The SMILES string of the molecule is O=C1[C@H]2CCCC[C@H]2C(=O)N1c1ccc(N2CCC[C@@H](CO)C2)c([N+](=O)[O-])c1. The zero-order chi connectivity index (χ0) is 19.8. The summed E-state index contributed by atoms with van der Waals surface area (Å²) in [4.78, 5) is 39.9. The number of aliphatic hydroxyl groups is 1. The predicted molar refractivity (Wildman–Crippen MR) is 103 cm³/mol. The molecule has 2 heterocycles. The number of aliphatic hydroxyl groups excluding tert-OH is 1. The number of imide groups is 1. The quantitative estimate of drug-likeness (QED) is 0.484. The third-order valence-electron chi connectivity index (χ3n) is 6.37. The van der Waals surface area contributed by atoms with Gasteiger partial charge >= 0.3 is 0 Å². The molecule has 28 heavy (non-hydrogen) atoms. The number of nitrogens with zero attached hydrogens (tertiary/aromatic N) is 3. The number of hydrogen-bond donors (Lipinski definition) is 1. The number of carbonyl (C=O) groups excluding carboxylic acids is 2. The molecule has 0 unspecified atom stereocenters. The summed E-state index contributed by atoms with van der Waals surface area (Å²) in [5, 5.41) is 21.2. The third-order valence-corrected chi connectivity index (χ3v) is 6.37. The number of nitro groups is 1. The molecule has 1 aromatic rings. The molecule has 8 nitrogen and oxygen atoms in total. The summed E-state index contributed by atoms with van der Waals surface area (Å²) >= 11 is 0. The van der Waals surface area contributed by atoms with Crippen LogP contribution in [0.3, 0.4) is 0 Å². The summed E-state index contributed by atoms with van der Waals surface area (Å²) in [7, 11) is 0. The summed E-state index contributed by atoms with van der Waals surface area (Å²) in [5.74, 6) is -0.928. The molecule has 0 bridgehead atoms. The molecule has 3 fully saturated rings. The van der Waals surface area contributed by atoms with E-state index in [-0.39, 0.29) is 47.5 Å². The fraction of sp³-hybridized carbons (Fsp3) is 0.600. The Hall–Kier alpha value is -2.48. The lowest BCUT2D eigenvalue weighted by Crippen LogP contribution is -2.37. The average molecular weight is 387 g/mol. The van der Waals surface area contributed by atoms with Gasteiger partial charge in [0, 0.05) is 25.8 Å². The molecule has 3 aliphatic rings. The molecule has 0 spiro atoms. The van der Waals surface area contributed by atoms with Crippen LogP contribution in [0.25, 0.3) is 0 Å². The molecule has 8 heteroatoms. The molecule has 2 aliphatic heterocycles. The van der Waals surface area contributed by atoms with Gasteiger partial charge in [-0.2, -0.15) is 0 Å². The minimum Gasteiger partial charge on any atom is -0.396 e. The van der Waals surface area contributed by atoms with E-state index in [0.717, 1.165) is 30.6 Å². The van der Waals surface area contributed by atoms with E-state index >= 15 is 0 Å². The van der Waals surface area contributed by atoms with Crippen molar-refractivity contribution in [2.75, 3.05) is 29.5 Å². The van der Waals surface area contributed by atoms with Crippen LogP contribution in [0, 0.1) is 27.9 Å². The van der Waals surface area contributed by atoms with Crippen molar-refractivity contribution < 1.29 is 19.6 Å². The van der Waals surface area contributed by atoms with Crippen LogP contribution in [-0.4, -0.2) is 41.5 Å². The van der Waals surface area contributed by atoms with Crippen molar-refractivity contribution in [3.05, 3.63) is 28.3 Å². The van der Waals surface area contributed by atoms with Gasteiger partial charge in [-0.1, -0.05) is 12.8 Å². The summed E-state index contributed by atoms with van der Waals surface area (Å²) < 4.78 is 0. The molecule has 0 aromatic heterocycles. The standard InChI is InChI=1S/C20H25N3O5/c24-12-13-4-3-9-21(11-13)17-8-7-14(10-18(17)23(27)28)22-19(25)15-5-1-2-6-16(15)20(22)26/h7-8,10,13,15-16,24H,1-6,9,11-12H2/t13-,15-,16+/m1/s1. The van der Waals surface area contributed by atoms with Crippen LogP contribution in [0.1, 0.15) is 38.5 Å². The molecule has 150 valence electrons. The van der Waals surface area contributed by atoms with Crippen molar-refractivity contribution in [1.29, 1.82) is 0 Å². The van der Waals surface area contributed by atoms with Gasteiger partial charge in [0.2, 0.25) is 11.8 Å². The lowest BCUT2D eigenvalue weighted by molar-refractivity contribution is -0.384. The first kappa shape index (κ1) is 18.9. The summed E-state index contributed by atoms with van der Waals surface area (Å²) in [6, 6.07) is 4.62. The molecule has 1 saturated carbocycles. The van der Waals surface area contributed by atoms with E-state index in [9.17, 15) is 24.8 Å². The molecule has 2 amide bonds. The van der Waals surface area contributed by atoms with E-state index in [1.165, 1.54) is 6.07 Å². The smallest absolute Gasteiger partial charge is 0.294 e. The van der Waals surface area contributed by atoms with E-state index in [2.05, 4.69) is 0 Å². The Kier molecular flexibility index (Phi) is 5.05. The maximum atomic E-state index is 12.8. The Balaban J connectivity index is 1.66. The molecule has 2 saturated heterocycles. The second kappa shape index (κ2) is 7.50. The Bertz CT molecular complexity index is 787. The van der Waals surface area contributed by atoms with E-state index in [1.807, 2.05) is 4.90 Å². The first-order valence-electron chi connectivity index (χ1n) is 10.0. The highest BCUT2D eigenvalue weighted by Gasteiger charge is 2.49. The molecular formula is C20H25N3O5. The molecule has 4 rings (SSSR count). The maximum Gasteiger partial charge on any atom is 0.294 e. The van der Waals surface area contributed by atoms with E-state index in [0.29, 0.717) is 31.6 Å². The van der Waals surface area contributed by atoms with Crippen LogP contribution in [0.15, 0.2) is 18.2 Å². The van der Waals surface area contributed by atoms with Gasteiger partial charge in [-0.25, -0.2) is 4.90 Å². The van der Waals surface area contributed by atoms with Gasteiger partial charge < -0.3 is 10.0 Å². The van der Waals surface area contributed by atoms with E-state index < -0.39 is 4.92 Å². The van der Waals surface area contributed by atoms with Gasteiger partial charge in [-0.05, 0) is 43.7 Å². The van der Waals surface area contributed by atoms with Crippen molar-refractivity contribution in [3.63, 3.8) is 0 Å². The summed E-state index contributed by atoms with van der Waals surface area (Å²) in [5.41, 5.74) is 0.658. The first-order valence-corrected chi connectivity index (χ1v) is 10.0. The summed E-state index contributed by atoms with van der Waals surface area (Å²) in [6.07, 6.45) is 5.06. The first-order chi connectivity index (χ1) is 13.5. The van der Waals surface area contributed by atoms with Crippen LogP contribution in [-0.2, 0) is 9.59 Å². The fourth-order valence-electron chi connectivity index (χ4n) is 4.91. The van der Waals surface area contributed by atoms with Crippen molar-refractivity contribution in [2.24, 2.45) is 17.8 Å². The van der Waals surface area contributed by atoms with Gasteiger partial charge in [-0.15, -0.1) is 0 Å². The molecule has 1 aromatic carbocycles. The Morgan fingerprint density at radius 2 is 1.75 bits per heavy atom. The number of fused-ring (bicyclic) bond motifs is 1. The lowest BCUT2D eigenvalue weighted by atomic mass is 9.81. The zero-order valence-corrected chi connectivity index (χ0v) is 15.7. The second-order valence-corrected chi connectivity index (χ2v) is 8.08. The number of nitro benzene ring substituents is 1.